The first-order valence-corrected chi connectivity index (χ1v) is 4.13. The van der Waals surface area contributed by atoms with Gasteiger partial charge in [0.1, 0.15) is 0 Å². The number of esters is 1. The number of methoxy groups -OCH3 is 1. The van der Waals surface area contributed by atoms with Gasteiger partial charge in [0, 0.05) is 6.92 Å². The van der Waals surface area contributed by atoms with Gasteiger partial charge in [-0.25, -0.2) is 4.79 Å². The van der Waals surface area contributed by atoms with Crippen molar-refractivity contribution in [2.24, 2.45) is 0 Å². The number of hydrogen-bond donors (Lipinski definition) is 0. The molecule has 0 spiro atoms. The van der Waals surface area contributed by atoms with Crippen molar-refractivity contribution in [2.75, 3.05) is 20.3 Å². The van der Waals surface area contributed by atoms with Crippen LogP contribution < -0.4 is 0 Å². The molecule has 0 aliphatic carbocycles. The first kappa shape index (κ1) is 16.9. The third-order valence-electron chi connectivity index (χ3n) is 0.868. The number of carbonyl (C=O) groups excluding carboxylic acids is 2. The third kappa shape index (κ3) is 18.3. The van der Waals surface area contributed by atoms with Crippen LogP contribution in [0.5, 0.6) is 0 Å². The average Bonchev–Trinajstić information content (AvgIpc) is 2.13. The van der Waals surface area contributed by atoms with E-state index in [1.54, 1.807) is 6.92 Å². The van der Waals surface area contributed by atoms with E-state index < -0.39 is 18.9 Å². The summed E-state index contributed by atoms with van der Waals surface area (Å²) >= 11 is 0. The van der Waals surface area contributed by atoms with E-state index in [9.17, 15) is 22.8 Å². The minimum atomic E-state index is -4.49. The van der Waals surface area contributed by atoms with Gasteiger partial charge < -0.3 is 14.2 Å². The van der Waals surface area contributed by atoms with Crippen LogP contribution in [0.4, 0.5) is 18.0 Å². The summed E-state index contributed by atoms with van der Waals surface area (Å²) in [5, 5.41) is 0. The lowest BCUT2D eigenvalue weighted by Gasteiger charge is -2.05. The fourth-order valence-electron chi connectivity index (χ4n) is 0.403. The first-order chi connectivity index (χ1) is 7.22. The van der Waals surface area contributed by atoms with Crippen LogP contribution in [0.3, 0.4) is 0 Å². The van der Waals surface area contributed by atoms with Gasteiger partial charge in [-0.3, -0.25) is 4.79 Å². The molecule has 0 saturated carbocycles. The highest BCUT2D eigenvalue weighted by Gasteiger charge is 2.29. The molecule has 0 amide bonds. The van der Waals surface area contributed by atoms with E-state index in [4.69, 9.17) is 0 Å². The zero-order valence-electron chi connectivity index (χ0n) is 9.09. The zero-order chi connectivity index (χ0) is 13.2. The summed E-state index contributed by atoms with van der Waals surface area (Å²) in [7, 11) is 0.929. The van der Waals surface area contributed by atoms with Crippen LogP contribution in [-0.4, -0.2) is 38.6 Å². The Morgan fingerprint density at radius 1 is 1.19 bits per heavy atom. The summed E-state index contributed by atoms with van der Waals surface area (Å²) in [6.45, 7) is 2.04. The minimum Gasteiger partial charge on any atom is -0.466 e. The van der Waals surface area contributed by atoms with Crippen molar-refractivity contribution in [3.05, 3.63) is 0 Å². The molecule has 0 atom stereocenters. The number of rotatable bonds is 2. The van der Waals surface area contributed by atoms with Crippen molar-refractivity contribution in [3.63, 3.8) is 0 Å². The van der Waals surface area contributed by atoms with Gasteiger partial charge in [-0.05, 0) is 6.92 Å². The van der Waals surface area contributed by atoms with E-state index in [0.29, 0.717) is 6.61 Å². The van der Waals surface area contributed by atoms with Crippen LogP contribution >= 0.6 is 0 Å². The highest BCUT2D eigenvalue weighted by molar-refractivity contribution is 5.65. The summed E-state index contributed by atoms with van der Waals surface area (Å²) in [5.74, 6) is -0.211. The maximum absolute atomic E-state index is 11.2. The highest BCUT2D eigenvalue weighted by Crippen LogP contribution is 2.14. The minimum absolute atomic E-state index is 0.211. The van der Waals surface area contributed by atoms with E-state index in [2.05, 4.69) is 14.2 Å². The second kappa shape index (κ2) is 8.81. The predicted octanol–water partition coefficient (Wildman–Crippen LogP) is 1.90. The Morgan fingerprint density at radius 3 is 1.88 bits per heavy atom. The first-order valence-electron chi connectivity index (χ1n) is 4.13. The SMILES string of the molecule is CCOC(C)=O.COC(=O)OCC(F)(F)F. The van der Waals surface area contributed by atoms with Crippen molar-refractivity contribution < 1.29 is 37.0 Å². The molecule has 0 aromatic carbocycles. The second-order valence-electron chi connectivity index (χ2n) is 2.28. The van der Waals surface area contributed by atoms with E-state index in [-0.39, 0.29) is 5.97 Å². The molecule has 0 rings (SSSR count). The van der Waals surface area contributed by atoms with E-state index in [0.717, 1.165) is 7.11 Å². The van der Waals surface area contributed by atoms with Crippen molar-refractivity contribution in [1.82, 2.24) is 0 Å². The molecule has 5 nitrogen and oxygen atoms in total. The van der Waals surface area contributed by atoms with Gasteiger partial charge >= 0.3 is 18.3 Å². The van der Waals surface area contributed by atoms with E-state index >= 15 is 0 Å². The lowest BCUT2D eigenvalue weighted by atomic mass is 10.7. The number of ether oxygens (including phenoxy) is 3. The molecule has 0 aliphatic rings. The molecule has 0 unspecified atom stereocenters. The Bertz CT molecular complexity index is 214. The largest absolute Gasteiger partial charge is 0.508 e. The Morgan fingerprint density at radius 2 is 1.69 bits per heavy atom. The molecule has 8 heteroatoms. The van der Waals surface area contributed by atoms with Gasteiger partial charge in [0.05, 0.1) is 13.7 Å². The van der Waals surface area contributed by atoms with E-state index in [1.807, 2.05) is 0 Å². The van der Waals surface area contributed by atoms with Crippen molar-refractivity contribution in [2.45, 2.75) is 20.0 Å². The summed E-state index contributed by atoms with van der Waals surface area (Å²) in [6.07, 6.45) is -5.83. The molecule has 0 N–H and O–H groups in total. The lowest BCUT2D eigenvalue weighted by Crippen LogP contribution is -2.20. The number of carbonyl (C=O) groups is 2. The zero-order valence-corrected chi connectivity index (χ0v) is 9.09. The van der Waals surface area contributed by atoms with Crippen LogP contribution in [-0.2, 0) is 19.0 Å². The molecule has 0 saturated heterocycles. The fraction of sp³-hybridized carbons (Fsp3) is 0.750. The van der Waals surface area contributed by atoms with Crippen molar-refractivity contribution >= 4 is 12.1 Å². The normalized spacial score (nSPS) is 9.62. The van der Waals surface area contributed by atoms with Gasteiger partial charge in [0.15, 0.2) is 6.61 Å². The fourth-order valence-corrected chi connectivity index (χ4v) is 0.403. The molecule has 96 valence electrons. The highest BCUT2D eigenvalue weighted by atomic mass is 19.4. The van der Waals surface area contributed by atoms with Crippen LogP contribution in [0, 0.1) is 0 Å². The summed E-state index contributed by atoms with van der Waals surface area (Å²) in [5.41, 5.74) is 0. The Hall–Kier alpha value is -1.47. The van der Waals surface area contributed by atoms with Crippen LogP contribution in [0.15, 0.2) is 0 Å². The van der Waals surface area contributed by atoms with Gasteiger partial charge in [-0.15, -0.1) is 0 Å². The Labute approximate surface area is 90.5 Å². The molecule has 0 aromatic heterocycles. The standard InChI is InChI=1S/C4H5F3O3.C4H8O2/c1-9-3(8)10-2-4(5,6)7;1-3-6-4(2)5/h2H2,1H3;3H2,1-2H3. The molecule has 0 bridgehead atoms. The Balaban J connectivity index is 0. The second-order valence-corrected chi connectivity index (χ2v) is 2.28. The molecule has 0 aromatic rings. The summed E-state index contributed by atoms with van der Waals surface area (Å²) in [4.78, 5) is 19.7. The topological polar surface area (TPSA) is 61.8 Å². The smallest absolute Gasteiger partial charge is 0.466 e. The van der Waals surface area contributed by atoms with Gasteiger partial charge in [-0.2, -0.15) is 13.2 Å². The van der Waals surface area contributed by atoms with Gasteiger partial charge in [0.25, 0.3) is 0 Å². The van der Waals surface area contributed by atoms with Crippen LogP contribution in [0.25, 0.3) is 0 Å². The average molecular weight is 246 g/mol. The quantitative estimate of drug-likeness (QED) is 0.696. The third-order valence-corrected chi connectivity index (χ3v) is 0.868. The van der Waals surface area contributed by atoms with Crippen LogP contribution in [0.2, 0.25) is 0 Å². The number of hydrogen-bond acceptors (Lipinski definition) is 5. The summed E-state index contributed by atoms with van der Waals surface area (Å²) < 4.78 is 45.4. The maximum Gasteiger partial charge on any atom is 0.508 e. The van der Waals surface area contributed by atoms with Gasteiger partial charge in [-0.1, -0.05) is 0 Å². The molecule has 0 radical (unpaired) electrons. The van der Waals surface area contributed by atoms with Crippen molar-refractivity contribution in [1.29, 1.82) is 0 Å². The maximum atomic E-state index is 11.2. The molecule has 0 aliphatic heterocycles. The molecular formula is C8H13F3O5. The van der Waals surface area contributed by atoms with E-state index in [1.165, 1.54) is 6.92 Å². The van der Waals surface area contributed by atoms with Gasteiger partial charge in [0.2, 0.25) is 0 Å². The van der Waals surface area contributed by atoms with Crippen molar-refractivity contribution in [3.8, 4) is 0 Å². The van der Waals surface area contributed by atoms with Crippen LogP contribution in [0.1, 0.15) is 13.8 Å². The molecular weight excluding hydrogens is 233 g/mol. The molecule has 0 heterocycles. The predicted molar refractivity (Wildman–Crippen MR) is 46.7 cm³/mol. The number of alkyl halides is 3. The number of halogens is 3. The summed E-state index contributed by atoms with van der Waals surface area (Å²) in [6, 6.07) is 0. The molecule has 0 fully saturated rings. The molecule has 16 heavy (non-hydrogen) atoms. The lowest BCUT2D eigenvalue weighted by molar-refractivity contribution is -0.164. The Kier molecular flexibility index (Phi) is 9.33. The monoisotopic (exact) mass is 246 g/mol.